The summed E-state index contributed by atoms with van der Waals surface area (Å²) >= 11 is 0. The van der Waals surface area contributed by atoms with Crippen LogP contribution >= 0.6 is 0 Å². The summed E-state index contributed by atoms with van der Waals surface area (Å²) in [4.78, 5) is 8.49. The second-order valence-corrected chi connectivity index (χ2v) is 5.62. The van der Waals surface area contributed by atoms with Crippen molar-refractivity contribution in [1.82, 2.24) is 9.97 Å². The molecule has 2 aromatic heterocycles. The Morgan fingerprint density at radius 3 is 2.74 bits per heavy atom. The number of pyridine rings is 2. The molecule has 0 radical (unpaired) electrons. The van der Waals surface area contributed by atoms with E-state index in [1.54, 1.807) is 18.5 Å². The van der Waals surface area contributed by atoms with Gasteiger partial charge >= 0.3 is 0 Å². The van der Waals surface area contributed by atoms with Crippen LogP contribution in [-0.2, 0) is 0 Å². The number of rotatable bonds is 5. The Bertz CT molecular complexity index is 708. The Morgan fingerprint density at radius 2 is 2.13 bits per heavy atom. The molecule has 1 saturated carbocycles. The van der Waals surface area contributed by atoms with Gasteiger partial charge in [-0.3, -0.25) is 4.98 Å². The average Bonchev–Trinajstić information content (AvgIpc) is 2.57. The number of aliphatic hydroxyl groups excluding tert-OH is 1. The molecule has 0 bridgehead atoms. The highest BCUT2D eigenvalue weighted by Crippen LogP contribution is 2.40. The van der Waals surface area contributed by atoms with E-state index in [1.165, 1.54) is 7.11 Å². The number of methoxy groups -OCH3 is 1. The van der Waals surface area contributed by atoms with Crippen LogP contribution in [0.5, 0.6) is 5.88 Å². The fourth-order valence-corrected chi connectivity index (χ4v) is 2.89. The molecular weight excluding hydrogens is 292 g/mol. The quantitative estimate of drug-likeness (QED) is 0.880. The highest BCUT2D eigenvalue weighted by atomic mass is 16.5. The molecule has 1 aliphatic rings. The maximum atomic E-state index is 9.63. The number of hydrogen-bond donors (Lipinski definition) is 2. The molecule has 0 amide bonds. The van der Waals surface area contributed by atoms with Crippen molar-refractivity contribution in [2.75, 3.05) is 12.4 Å². The Morgan fingerprint density at radius 1 is 1.30 bits per heavy atom. The molecule has 0 aromatic carbocycles. The van der Waals surface area contributed by atoms with Crippen LogP contribution in [0.3, 0.4) is 0 Å². The lowest BCUT2D eigenvalue weighted by molar-refractivity contribution is 0.0334. The van der Waals surface area contributed by atoms with E-state index in [2.05, 4.69) is 21.4 Å². The predicted octanol–water partition coefficient (Wildman–Crippen LogP) is 2.28. The van der Waals surface area contributed by atoms with Crippen molar-refractivity contribution in [2.24, 2.45) is 5.92 Å². The van der Waals surface area contributed by atoms with E-state index in [1.807, 2.05) is 18.2 Å². The molecule has 1 fully saturated rings. The smallest absolute Gasteiger partial charge is 0.233 e. The summed E-state index contributed by atoms with van der Waals surface area (Å²) in [5.74, 6) is 0.566. The summed E-state index contributed by atoms with van der Waals surface area (Å²) in [6.07, 6.45) is 4.54. The van der Waals surface area contributed by atoms with Gasteiger partial charge in [-0.25, -0.2) is 4.98 Å². The Labute approximate surface area is 134 Å². The van der Waals surface area contributed by atoms with Crippen LogP contribution < -0.4 is 10.1 Å². The minimum absolute atomic E-state index is 0.0705. The molecule has 2 aromatic rings. The van der Waals surface area contributed by atoms with E-state index in [0.717, 1.165) is 18.5 Å². The maximum absolute atomic E-state index is 9.63. The molecule has 0 unspecified atom stereocenters. The molecule has 2 heterocycles. The van der Waals surface area contributed by atoms with Crippen LogP contribution in [0.4, 0.5) is 5.69 Å². The third kappa shape index (κ3) is 3.10. The highest BCUT2D eigenvalue weighted by molar-refractivity contribution is 5.62. The van der Waals surface area contributed by atoms with Crippen molar-refractivity contribution in [3.63, 3.8) is 0 Å². The summed E-state index contributed by atoms with van der Waals surface area (Å²) in [5.41, 5.74) is 1.93. The van der Waals surface area contributed by atoms with Gasteiger partial charge in [-0.2, -0.15) is 5.26 Å². The van der Waals surface area contributed by atoms with Crippen molar-refractivity contribution in [1.29, 1.82) is 5.26 Å². The highest BCUT2D eigenvalue weighted by Gasteiger charge is 2.36. The second kappa shape index (κ2) is 6.63. The summed E-state index contributed by atoms with van der Waals surface area (Å²) in [7, 11) is 1.49. The zero-order valence-electron chi connectivity index (χ0n) is 12.8. The fourth-order valence-electron chi connectivity index (χ4n) is 2.89. The first-order valence-corrected chi connectivity index (χ1v) is 7.51. The number of nitriles is 1. The van der Waals surface area contributed by atoms with Gasteiger partial charge in [0.25, 0.3) is 0 Å². The lowest BCUT2D eigenvalue weighted by Gasteiger charge is -2.38. The zero-order chi connectivity index (χ0) is 16.2. The minimum atomic E-state index is -0.254. The normalized spacial score (nSPS) is 20.9. The molecule has 118 valence electrons. The molecule has 1 atom stereocenters. The Hall–Kier alpha value is -2.65. The van der Waals surface area contributed by atoms with Crippen LogP contribution in [0.2, 0.25) is 0 Å². The van der Waals surface area contributed by atoms with Crippen molar-refractivity contribution in [2.45, 2.75) is 25.0 Å². The average molecular weight is 310 g/mol. The first kappa shape index (κ1) is 15.3. The summed E-state index contributed by atoms with van der Waals surface area (Å²) < 4.78 is 5.15. The summed E-state index contributed by atoms with van der Waals surface area (Å²) in [6.45, 7) is 0. The Kier molecular flexibility index (Phi) is 4.40. The predicted molar refractivity (Wildman–Crippen MR) is 84.8 cm³/mol. The monoisotopic (exact) mass is 310 g/mol. The molecule has 6 heteroatoms. The minimum Gasteiger partial charge on any atom is -0.480 e. The first-order valence-electron chi connectivity index (χ1n) is 7.51. The molecule has 0 aliphatic heterocycles. The standard InChI is InChI=1S/C17H18N4O2/c1-23-17-13(10-18)14(5-7-20-17)21-16(11-8-12(22)9-11)15-4-2-3-6-19-15/h2-7,11-12,16,22H,8-9H2,1H3,(H,20,21)/t11?,12?,16-/m1/s1. The van der Waals surface area contributed by atoms with Crippen LogP contribution in [-0.4, -0.2) is 28.3 Å². The number of ether oxygens (including phenoxy) is 1. The maximum Gasteiger partial charge on any atom is 0.233 e. The van der Waals surface area contributed by atoms with Crippen LogP contribution in [0.15, 0.2) is 36.7 Å². The van der Waals surface area contributed by atoms with Gasteiger partial charge in [0, 0.05) is 12.4 Å². The topological polar surface area (TPSA) is 91.1 Å². The van der Waals surface area contributed by atoms with Crippen LogP contribution in [0.25, 0.3) is 0 Å². The number of nitrogens with one attached hydrogen (secondary N) is 1. The van der Waals surface area contributed by atoms with Crippen molar-refractivity contribution >= 4 is 5.69 Å². The van der Waals surface area contributed by atoms with Gasteiger partial charge in [0.1, 0.15) is 11.6 Å². The molecule has 0 saturated heterocycles. The van der Waals surface area contributed by atoms with Crippen molar-refractivity contribution in [3.05, 3.63) is 47.9 Å². The van der Waals surface area contributed by atoms with E-state index in [0.29, 0.717) is 17.1 Å². The lowest BCUT2D eigenvalue weighted by atomic mass is 9.76. The molecule has 1 aliphatic carbocycles. The molecule has 3 rings (SSSR count). The van der Waals surface area contributed by atoms with Gasteiger partial charge in [0.05, 0.1) is 30.6 Å². The van der Waals surface area contributed by atoms with E-state index < -0.39 is 0 Å². The molecule has 23 heavy (non-hydrogen) atoms. The van der Waals surface area contributed by atoms with E-state index in [-0.39, 0.29) is 18.1 Å². The zero-order valence-corrected chi connectivity index (χ0v) is 12.8. The molecule has 2 N–H and O–H groups in total. The molecule has 6 nitrogen and oxygen atoms in total. The van der Waals surface area contributed by atoms with Gasteiger partial charge in [0.15, 0.2) is 0 Å². The number of hydrogen-bond acceptors (Lipinski definition) is 6. The van der Waals surface area contributed by atoms with E-state index in [9.17, 15) is 10.4 Å². The van der Waals surface area contributed by atoms with Crippen molar-refractivity contribution in [3.8, 4) is 11.9 Å². The third-order valence-electron chi connectivity index (χ3n) is 4.16. The second-order valence-electron chi connectivity index (χ2n) is 5.62. The van der Waals surface area contributed by atoms with Gasteiger partial charge < -0.3 is 15.2 Å². The first-order chi connectivity index (χ1) is 11.2. The van der Waals surface area contributed by atoms with Gasteiger partial charge in [0.2, 0.25) is 5.88 Å². The van der Waals surface area contributed by atoms with Crippen LogP contribution in [0.1, 0.15) is 30.1 Å². The number of anilines is 1. The third-order valence-corrected chi connectivity index (χ3v) is 4.16. The summed E-state index contributed by atoms with van der Waals surface area (Å²) in [6, 6.07) is 9.57. The number of aromatic nitrogens is 2. The van der Waals surface area contributed by atoms with Crippen LogP contribution in [0, 0.1) is 17.2 Å². The lowest BCUT2D eigenvalue weighted by Crippen LogP contribution is -2.36. The van der Waals surface area contributed by atoms with Gasteiger partial charge in [-0.15, -0.1) is 0 Å². The van der Waals surface area contributed by atoms with E-state index in [4.69, 9.17) is 4.74 Å². The SMILES string of the molecule is COc1nccc(N[C@@H](c2ccccn2)C2CC(O)C2)c1C#N. The number of aliphatic hydroxyl groups is 1. The molecular formula is C17H18N4O2. The summed E-state index contributed by atoms with van der Waals surface area (Å²) in [5, 5.41) is 22.4. The fraction of sp³-hybridized carbons (Fsp3) is 0.353. The van der Waals surface area contributed by atoms with Gasteiger partial charge in [-0.1, -0.05) is 6.07 Å². The van der Waals surface area contributed by atoms with E-state index >= 15 is 0 Å². The largest absolute Gasteiger partial charge is 0.480 e. The molecule has 0 spiro atoms. The van der Waals surface area contributed by atoms with Crippen molar-refractivity contribution < 1.29 is 9.84 Å². The number of nitrogens with zero attached hydrogens (tertiary/aromatic N) is 3. The Balaban J connectivity index is 1.92. The van der Waals surface area contributed by atoms with Gasteiger partial charge in [-0.05, 0) is 37.0 Å².